The Morgan fingerprint density at radius 2 is 1.57 bits per heavy atom. The van der Waals surface area contributed by atoms with Crippen molar-refractivity contribution >= 4 is 22.8 Å². The van der Waals surface area contributed by atoms with Crippen LogP contribution in [0.25, 0.3) is 10.8 Å². The lowest BCUT2D eigenvalue weighted by Crippen LogP contribution is -2.45. The molecule has 2 aromatic rings. The summed E-state index contributed by atoms with van der Waals surface area (Å²) in [5.74, 6) is 0.282. The zero-order chi connectivity index (χ0) is 22.5. The van der Waals surface area contributed by atoms with Crippen molar-refractivity contribution in [2.75, 3.05) is 0 Å². The molecular formula is C24H33NO5. The molecule has 6 nitrogen and oxygen atoms in total. The van der Waals surface area contributed by atoms with Crippen molar-refractivity contribution in [2.45, 2.75) is 72.3 Å². The van der Waals surface area contributed by atoms with Gasteiger partial charge in [-0.1, -0.05) is 44.2 Å². The van der Waals surface area contributed by atoms with Crippen LogP contribution in [0.4, 0.5) is 4.79 Å². The smallest absolute Gasteiger partial charge is 0.408 e. The lowest BCUT2D eigenvalue weighted by atomic mass is 10.0. The molecule has 30 heavy (non-hydrogen) atoms. The van der Waals surface area contributed by atoms with Crippen LogP contribution < -0.4 is 10.1 Å². The molecule has 164 valence electrons. The third kappa shape index (κ3) is 6.94. The summed E-state index contributed by atoms with van der Waals surface area (Å²) in [7, 11) is 0. The minimum absolute atomic E-state index is 0.105. The van der Waals surface area contributed by atoms with Gasteiger partial charge in [0.05, 0.1) is 0 Å². The van der Waals surface area contributed by atoms with Gasteiger partial charge in [-0.25, -0.2) is 9.59 Å². The Morgan fingerprint density at radius 1 is 0.933 bits per heavy atom. The number of hydrogen-bond acceptors (Lipinski definition) is 5. The maximum atomic E-state index is 12.5. The van der Waals surface area contributed by atoms with Crippen LogP contribution in [0, 0.1) is 5.92 Å². The van der Waals surface area contributed by atoms with Crippen molar-refractivity contribution in [1.29, 1.82) is 0 Å². The summed E-state index contributed by atoms with van der Waals surface area (Å²) in [6.45, 7) is 12.7. The number of ether oxygens (including phenoxy) is 3. The number of rotatable bonds is 7. The number of benzene rings is 2. The van der Waals surface area contributed by atoms with Crippen LogP contribution in [0.15, 0.2) is 42.5 Å². The monoisotopic (exact) mass is 415 g/mol. The summed E-state index contributed by atoms with van der Waals surface area (Å²) >= 11 is 0. The van der Waals surface area contributed by atoms with Gasteiger partial charge in [-0.2, -0.15) is 0 Å². The average Bonchev–Trinajstić information content (AvgIpc) is 2.63. The third-order valence-corrected chi connectivity index (χ3v) is 4.50. The molecule has 0 unspecified atom stereocenters. The van der Waals surface area contributed by atoms with Gasteiger partial charge in [-0.15, -0.1) is 0 Å². The van der Waals surface area contributed by atoms with Crippen molar-refractivity contribution < 1.29 is 23.8 Å². The van der Waals surface area contributed by atoms with Gasteiger partial charge in [-0.05, 0) is 63.4 Å². The number of nitrogens with one attached hydrogen (secondary N) is 1. The lowest BCUT2D eigenvalue weighted by Gasteiger charge is -2.29. The van der Waals surface area contributed by atoms with E-state index in [0.717, 1.165) is 16.5 Å². The molecule has 1 amide bonds. The van der Waals surface area contributed by atoms with Crippen LogP contribution in [-0.2, 0) is 14.3 Å². The minimum atomic E-state index is -0.837. The first-order valence-electron chi connectivity index (χ1n) is 10.3. The molecule has 3 atom stereocenters. The Morgan fingerprint density at radius 3 is 2.17 bits per heavy atom. The number of esters is 1. The molecule has 0 saturated heterocycles. The Labute approximate surface area is 178 Å². The van der Waals surface area contributed by atoms with Crippen LogP contribution in [0.2, 0.25) is 0 Å². The van der Waals surface area contributed by atoms with E-state index in [0.29, 0.717) is 0 Å². The summed E-state index contributed by atoms with van der Waals surface area (Å²) < 4.78 is 17.0. The van der Waals surface area contributed by atoms with Crippen LogP contribution in [-0.4, -0.2) is 35.9 Å². The molecule has 0 aromatic heterocycles. The molecule has 2 rings (SSSR count). The van der Waals surface area contributed by atoms with Gasteiger partial charge < -0.3 is 19.5 Å². The van der Waals surface area contributed by atoms with Crippen LogP contribution in [0.1, 0.15) is 48.5 Å². The fourth-order valence-corrected chi connectivity index (χ4v) is 3.07. The normalized spacial score (nSPS) is 14.7. The molecule has 2 aromatic carbocycles. The number of carbonyl (C=O) groups excluding carboxylic acids is 2. The highest BCUT2D eigenvalue weighted by atomic mass is 16.6. The van der Waals surface area contributed by atoms with E-state index in [4.69, 9.17) is 14.2 Å². The second kappa shape index (κ2) is 9.83. The van der Waals surface area contributed by atoms with Gasteiger partial charge in [0.2, 0.25) is 0 Å². The first kappa shape index (κ1) is 23.5. The number of fused-ring (bicyclic) bond motifs is 1. The zero-order valence-corrected chi connectivity index (χ0v) is 18.9. The highest BCUT2D eigenvalue weighted by molar-refractivity contribution is 5.83. The number of alkyl carbamates (subject to hydrolysis) is 1. The summed E-state index contributed by atoms with van der Waals surface area (Å²) in [4.78, 5) is 24.3. The fourth-order valence-electron chi connectivity index (χ4n) is 3.07. The van der Waals surface area contributed by atoms with Gasteiger partial charge in [0, 0.05) is 0 Å². The summed E-state index contributed by atoms with van der Waals surface area (Å²) in [5, 5.41) is 4.72. The van der Waals surface area contributed by atoms with Gasteiger partial charge in [0.25, 0.3) is 0 Å². The molecule has 0 saturated carbocycles. The molecule has 1 N–H and O–H groups in total. The maximum absolute atomic E-state index is 12.5. The van der Waals surface area contributed by atoms with E-state index < -0.39 is 29.8 Å². The largest absolute Gasteiger partial charge is 0.486 e. The number of carbonyl (C=O) groups is 2. The van der Waals surface area contributed by atoms with E-state index in [9.17, 15) is 9.59 Å². The topological polar surface area (TPSA) is 73.9 Å². The van der Waals surface area contributed by atoms with Crippen molar-refractivity contribution in [3.05, 3.63) is 42.5 Å². The number of hydrogen-bond donors (Lipinski definition) is 1. The Bertz CT molecular complexity index is 871. The van der Waals surface area contributed by atoms with Crippen LogP contribution in [0.5, 0.6) is 5.75 Å². The first-order chi connectivity index (χ1) is 14.0. The highest BCUT2D eigenvalue weighted by Gasteiger charge is 2.29. The predicted octanol–water partition coefficient (Wildman–Crippen LogP) is 5.09. The quantitative estimate of drug-likeness (QED) is 0.638. The van der Waals surface area contributed by atoms with E-state index in [1.807, 2.05) is 56.3 Å². The minimum Gasteiger partial charge on any atom is -0.486 e. The van der Waals surface area contributed by atoms with Crippen LogP contribution in [0.3, 0.4) is 0 Å². The molecule has 0 heterocycles. The molecule has 0 radical (unpaired) electrons. The van der Waals surface area contributed by atoms with E-state index in [2.05, 4.69) is 5.32 Å². The van der Waals surface area contributed by atoms with Gasteiger partial charge in [-0.3, -0.25) is 0 Å². The molecule has 0 spiro atoms. The Kier molecular flexibility index (Phi) is 7.71. The zero-order valence-electron chi connectivity index (χ0n) is 18.9. The van der Waals surface area contributed by atoms with Crippen molar-refractivity contribution in [3.8, 4) is 5.75 Å². The van der Waals surface area contributed by atoms with Gasteiger partial charge >= 0.3 is 12.1 Å². The van der Waals surface area contributed by atoms with E-state index in [-0.39, 0.29) is 12.0 Å². The lowest BCUT2D eigenvalue weighted by molar-refractivity contribution is -0.156. The van der Waals surface area contributed by atoms with Crippen LogP contribution >= 0.6 is 0 Å². The Balaban J connectivity index is 2.01. The first-order valence-corrected chi connectivity index (χ1v) is 10.3. The van der Waals surface area contributed by atoms with Gasteiger partial charge in [0.15, 0.2) is 0 Å². The van der Waals surface area contributed by atoms with E-state index >= 15 is 0 Å². The second-order valence-electron chi connectivity index (χ2n) is 8.85. The van der Waals surface area contributed by atoms with E-state index in [1.165, 1.54) is 0 Å². The van der Waals surface area contributed by atoms with Crippen molar-refractivity contribution in [1.82, 2.24) is 5.32 Å². The summed E-state index contributed by atoms with van der Waals surface area (Å²) in [5.41, 5.74) is -0.641. The van der Waals surface area contributed by atoms with Crippen molar-refractivity contribution in [3.63, 3.8) is 0 Å². The molecule has 0 aliphatic heterocycles. The summed E-state index contributed by atoms with van der Waals surface area (Å²) in [6.07, 6.45) is -1.51. The fraction of sp³-hybridized carbons (Fsp3) is 0.500. The maximum Gasteiger partial charge on any atom is 0.408 e. The second-order valence-corrected chi connectivity index (χ2v) is 8.85. The molecule has 6 heteroatoms. The molecule has 0 fully saturated rings. The SMILES string of the molecule is CC(C)[C@@H](Oc1ccc2ccccc2c1)[C@H](C)OC(=O)[C@H](C)NC(=O)OC(C)(C)C. The Hall–Kier alpha value is -2.76. The number of amides is 1. The predicted molar refractivity (Wildman–Crippen MR) is 118 cm³/mol. The molecule has 0 aliphatic carbocycles. The standard InChI is InChI=1S/C24H33NO5/c1-15(2)21(29-20-13-12-18-10-8-9-11-19(18)14-20)17(4)28-22(26)16(3)25-23(27)30-24(5,6)7/h8-17,21H,1-7H3,(H,25,27)/t16-,17-,21+/m0/s1. The third-order valence-electron chi connectivity index (χ3n) is 4.50. The van der Waals surface area contributed by atoms with E-state index in [1.54, 1.807) is 34.6 Å². The highest BCUT2D eigenvalue weighted by Crippen LogP contribution is 2.24. The summed E-state index contributed by atoms with van der Waals surface area (Å²) in [6, 6.07) is 13.1. The van der Waals surface area contributed by atoms with Crippen molar-refractivity contribution in [2.24, 2.45) is 5.92 Å². The molecule has 0 bridgehead atoms. The average molecular weight is 416 g/mol. The molecular weight excluding hydrogens is 382 g/mol. The van der Waals surface area contributed by atoms with Gasteiger partial charge in [0.1, 0.15) is 29.6 Å². The molecule has 0 aliphatic rings.